The van der Waals surface area contributed by atoms with Crippen LogP contribution >= 0.6 is 0 Å². The van der Waals surface area contributed by atoms with Crippen LogP contribution in [0.25, 0.3) is 0 Å². The molecule has 0 aromatic carbocycles. The van der Waals surface area contributed by atoms with E-state index < -0.39 is 12.0 Å². The largest absolute Gasteiger partial charge is 0.480 e. The molecule has 1 aliphatic carbocycles. The highest BCUT2D eigenvalue weighted by Crippen LogP contribution is 2.20. The van der Waals surface area contributed by atoms with Crippen LogP contribution < -0.4 is 5.32 Å². The van der Waals surface area contributed by atoms with Gasteiger partial charge in [-0.05, 0) is 32.1 Å². The van der Waals surface area contributed by atoms with Crippen LogP contribution in [0.15, 0.2) is 0 Å². The molecule has 1 heterocycles. The fourth-order valence-electron chi connectivity index (χ4n) is 2.76. The maximum Gasteiger partial charge on any atom is 0.326 e. The number of rotatable bonds is 2. The van der Waals surface area contributed by atoms with E-state index in [1.807, 2.05) is 0 Å². The number of piperidine rings is 1. The lowest BCUT2D eigenvalue weighted by Crippen LogP contribution is -2.53. The standard InChI is InChI=1S/C12H20N2O3/c15-11(16)10-7-3-4-8-14(10)12(17)13-9-5-1-2-6-9/h9-10H,1-8H2,(H,13,17)(H,15,16)/t10-/m0/s1. The highest BCUT2D eigenvalue weighted by Gasteiger charge is 2.32. The van der Waals surface area contributed by atoms with Crippen LogP contribution in [0.1, 0.15) is 44.9 Å². The molecule has 1 saturated carbocycles. The molecule has 17 heavy (non-hydrogen) atoms. The van der Waals surface area contributed by atoms with Gasteiger partial charge in [0.15, 0.2) is 0 Å². The van der Waals surface area contributed by atoms with Crippen molar-refractivity contribution in [3.63, 3.8) is 0 Å². The van der Waals surface area contributed by atoms with Gasteiger partial charge in [-0.2, -0.15) is 0 Å². The molecule has 5 nitrogen and oxygen atoms in total. The summed E-state index contributed by atoms with van der Waals surface area (Å²) in [6.07, 6.45) is 6.74. The Labute approximate surface area is 101 Å². The number of amides is 2. The lowest BCUT2D eigenvalue weighted by molar-refractivity contribution is -0.143. The molecule has 96 valence electrons. The number of likely N-dealkylation sites (tertiary alicyclic amines) is 1. The molecule has 1 atom stereocenters. The van der Waals surface area contributed by atoms with Gasteiger partial charge in [0.2, 0.25) is 0 Å². The van der Waals surface area contributed by atoms with Crippen molar-refractivity contribution in [3.05, 3.63) is 0 Å². The quantitative estimate of drug-likeness (QED) is 0.770. The number of nitrogens with zero attached hydrogens (tertiary/aromatic N) is 1. The Hall–Kier alpha value is -1.26. The van der Waals surface area contributed by atoms with Crippen molar-refractivity contribution >= 4 is 12.0 Å². The number of urea groups is 1. The lowest BCUT2D eigenvalue weighted by atomic mass is 10.0. The van der Waals surface area contributed by atoms with Gasteiger partial charge in [0.05, 0.1) is 0 Å². The van der Waals surface area contributed by atoms with E-state index in [9.17, 15) is 9.59 Å². The molecule has 5 heteroatoms. The Kier molecular flexibility index (Phi) is 3.86. The SMILES string of the molecule is O=C(O)[C@@H]1CCCCN1C(=O)NC1CCCC1. The fraction of sp³-hybridized carbons (Fsp3) is 0.833. The third-order valence-corrected chi connectivity index (χ3v) is 3.73. The summed E-state index contributed by atoms with van der Waals surface area (Å²) >= 11 is 0. The van der Waals surface area contributed by atoms with Crippen molar-refractivity contribution in [2.75, 3.05) is 6.54 Å². The van der Waals surface area contributed by atoms with Gasteiger partial charge in [-0.25, -0.2) is 9.59 Å². The minimum absolute atomic E-state index is 0.191. The molecule has 0 radical (unpaired) electrons. The molecule has 2 amide bonds. The molecule has 1 aliphatic heterocycles. The van der Waals surface area contributed by atoms with Crippen molar-refractivity contribution in [1.29, 1.82) is 0 Å². The first-order chi connectivity index (χ1) is 8.18. The molecule has 0 spiro atoms. The fourth-order valence-corrected chi connectivity index (χ4v) is 2.76. The second-order valence-corrected chi connectivity index (χ2v) is 4.97. The summed E-state index contributed by atoms with van der Waals surface area (Å²) in [5.74, 6) is -0.883. The average Bonchev–Trinajstić information content (AvgIpc) is 2.81. The van der Waals surface area contributed by atoms with Gasteiger partial charge in [-0.15, -0.1) is 0 Å². The summed E-state index contributed by atoms with van der Waals surface area (Å²) in [6, 6.07) is -0.576. The first-order valence-electron chi connectivity index (χ1n) is 6.48. The van der Waals surface area contributed by atoms with Crippen molar-refractivity contribution in [3.8, 4) is 0 Å². The molecule has 2 fully saturated rings. The summed E-state index contributed by atoms with van der Waals surface area (Å²) < 4.78 is 0. The molecular weight excluding hydrogens is 220 g/mol. The Bertz CT molecular complexity index is 300. The van der Waals surface area contributed by atoms with E-state index >= 15 is 0 Å². The van der Waals surface area contributed by atoms with Gasteiger partial charge in [0.1, 0.15) is 6.04 Å². The molecule has 0 unspecified atom stereocenters. The van der Waals surface area contributed by atoms with Gasteiger partial charge >= 0.3 is 12.0 Å². The summed E-state index contributed by atoms with van der Waals surface area (Å²) in [6.45, 7) is 0.565. The van der Waals surface area contributed by atoms with Crippen LogP contribution in [0.5, 0.6) is 0 Å². The first-order valence-corrected chi connectivity index (χ1v) is 6.48. The average molecular weight is 240 g/mol. The molecule has 0 aromatic rings. The molecule has 2 N–H and O–H groups in total. The van der Waals surface area contributed by atoms with Gasteiger partial charge in [0, 0.05) is 12.6 Å². The minimum atomic E-state index is -0.883. The summed E-state index contributed by atoms with van der Waals surface area (Å²) in [5, 5.41) is 12.1. The van der Waals surface area contributed by atoms with Crippen molar-refractivity contribution in [1.82, 2.24) is 10.2 Å². The molecule has 0 aromatic heterocycles. The van der Waals surface area contributed by atoms with E-state index in [1.54, 1.807) is 0 Å². The maximum absolute atomic E-state index is 12.0. The zero-order chi connectivity index (χ0) is 12.3. The van der Waals surface area contributed by atoms with Crippen LogP contribution in [-0.4, -0.2) is 40.6 Å². The van der Waals surface area contributed by atoms with E-state index in [0.717, 1.165) is 38.5 Å². The summed E-state index contributed by atoms with van der Waals surface area (Å²) in [4.78, 5) is 24.6. The first kappa shape index (κ1) is 12.2. The van der Waals surface area contributed by atoms with Crippen LogP contribution in [0, 0.1) is 0 Å². The van der Waals surface area contributed by atoms with Gasteiger partial charge < -0.3 is 15.3 Å². The second kappa shape index (κ2) is 5.38. The van der Waals surface area contributed by atoms with Gasteiger partial charge in [-0.1, -0.05) is 12.8 Å². The predicted octanol–water partition coefficient (Wildman–Crippen LogP) is 1.58. The Morgan fingerprint density at radius 1 is 1.06 bits per heavy atom. The van der Waals surface area contributed by atoms with Crippen molar-refractivity contribution < 1.29 is 14.7 Å². The van der Waals surface area contributed by atoms with Gasteiger partial charge in [0.25, 0.3) is 0 Å². The monoisotopic (exact) mass is 240 g/mol. The number of carboxylic acids is 1. The van der Waals surface area contributed by atoms with E-state index in [-0.39, 0.29) is 12.1 Å². The minimum Gasteiger partial charge on any atom is -0.480 e. The smallest absolute Gasteiger partial charge is 0.326 e. The zero-order valence-corrected chi connectivity index (χ0v) is 10.0. The van der Waals surface area contributed by atoms with E-state index in [2.05, 4.69) is 5.32 Å². The van der Waals surface area contributed by atoms with Gasteiger partial charge in [-0.3, -0.25) is 0 Å². The van der Waals surface area contributed by atoms with Crippen LogP contribution in [0.4, 0.5) is 4.79 Å². The Balaban J connectivity index is 1.93. The Morgan fingerprint density at radius 2 is 1.71 bits per heavy atom. The third-order valence-electron chi connectivity index (χ3n) is 3.73. The predicted molar refractivity (Wildman–Crippen MR) is 62.8 cm³/mol. The normalized spacial score (nSPS) is 25.9. The molecule has 1 saturated heterocycles. The van der Waals surface area contributed by atoms with Crippen molar-refractivity contribution in [2.24, 2.45) is 0 Å². The summed E-state index contributed by atoms with van der Waals surface area (Å²) in [5.41, 5.74) is 0. The number of hydrogen-bond donors (Lipinski definition) is 2. The van der Waals surface area contributed by atoms with Crippen LogP contribution in [-0.2, 0) is 4.79 Å². The maximum atomic E-state index is 12.0. The van der Waals surface area contributed by atoms with E-state index in [1.165, 1.54) is 4.90 Å². The molecule has 2 aliphatic rings. The number of carbonyl (C=O) groups excluding carboxylic acids is 1. The highest BCUT2D eigenvalue weighted by molar-refractivity contribution is 5.83. The number of aliphatic carboxylic acids is 1. The lowest BCUT2D eigenvalue weighted by Gasteiger charge is -2.33. The second-order valence-electron chi connectivity index (χ2n) is 4.97. The summed E-state index contributed by atoms with van der Waals surface area (Å²) in [7, 11) is 0. The zero-order valence-electron chi connectivity index (χ0n) is 10.0. The van der Waals surface area contributed by atoms with E-state index in [4.69, 9.17) is 5.11 Å². The Morgan fingerprint density at radius 3 is 2.35 bits per heavy atom. The van der Waals surface area contributed by atoms with E-state index in [0.29, 0.717) is 13.0 Å². The third kappa shape index (κ3) is 2.90. The number of hydrogen-bond acceptors (Lipinski definition) is 2. The molecular formula is C12H20N2O3. The van der Waals surface area contributed by atoms with Crippen molar-refractivity contribution in [2.45, 2.75) is 57.0 Å². The topological polar surface area (TPSA) is 69.6 Å². The highest BCUT2D eigenvalue weighted by atomic mass is 16.4. The molecule has 0 bridgehead atoms. The number of carboxylic acid groups (broad SMARTS) is 1. The number of nitrogens with one attached hydrogen (secondary N) is 1. The van der Waals surface area contributed by atoms with Crippen LogP contribution in [0.2, 0.25) is 0 Å². The van der Waals surface area contributed by atoms with Crippen LogP contribution in [0.3, 0.4) is 0 Å². The molecule has 2 rings (SSSR count). The number of carbonyl (C=O) groups is 2.